The van der Waals surface area contributed by atoms with Crippen LogP contribution in [0.25, 0.3) is 0 Å². The number of nitrogens with one attached hydrogen (secondary N) is 4. The van der Waals surface area contributed by atoms with E-state index in [1.54, 1.807) is 24.3 Å². The highest BCUT2D eigenvalue weighted by atomic mass is 35.5. The van der Waals surface area contributed by atoms with Gasteiger partial charge < -0.3 is 30.7 Å². The molecule has 0 radical (unpaired) electrons. The lowest BCUT2D eigenvalue weighted by Gasteiger charge is -2.25. The molecular formula is C49H52ClF8N7O2. The van der Waals surface area contributed by atoms with Gasteiger partial charge in [-0.1, -0.05) is 41.9 Å². The number of nitrogens with zero attached hydrogens (tertiary/aromatic N) is 3. The third kappa shape index (κ3) is 16.7. The molecule has 4 aliphatic rings. The summed E-state index contributed by atoms with van der Waals surface area (Å²) in [6.07, 6.45) is -2.13. The maximum atomic E-state index is 13.7. The van der Waals surface area contributed by atoms with Crippen LogP contribution in [0.2, 0.25) is 5.02 Å². The van der Waals surface area contributed by atoms with E-state index in [2.05, 4.69) is 42.9 Å². The van der Waals surface area contributed by atoms with Crippen LogP contribution in [0.1, 0.15) is 114 Å². The Morgan fingerprint density at radius 2 is 0.881 bits per heavy atom. The second kappa shape index (κ2) is 25.6. The summed E-state index contributed by atoms with van der Waals surface area (Å²) in [6.45, 7) is 7.19. The molecule has 0 spiro atoms. The van der Waals surface area contributed by atoms with Gasteiger partial charge >= 0.3 is 12.7 Å². The third-order valence-electron chi connectivity index (χ3n) is 12.0. The van der Waals surface area contributed by atoms with Crippen molar-refractivity contribution in [2.24, 2.45) is 0 Å². The minimum absolute atomic E-state index is 0.0337. The van der Waals surface area contributed by atoms with E-state index in [9.17, 15) is 35.1 Å². The van der Waals surface area contributed by atoms with Gasteiger partial charge in [-0.3, -0.25) is 0 Å². The molecule has 0 amide bonds. The average molecular weight is 958 g/mol. The topological polar surface area (TPSA) is 138 Å². The van der Waals surface area contributed by atoms with Crippen LogP contribution in [-0.4, -0.2) is 65.1 Å². The summed E-state index contributed by atoms with van der Waals surface area (Å²) in [5, 5.41) is 39.9. The first-order valence-electron chi connectivity index (χ1n) is 22.1. The van der Waals surface area contributed by atoms with Crippen molar-refractivity contribution in [2.75, 3.05) is 52.4 Å². The lowest BCUT2D eigenvalue weighted by atomic mass is 9.89. The van der Waals surface area contributed by atoms with Gasteiger partial charge in [0.25, 0.3) is 0 Å². The van der Waals surface area contributed by atoms with Crippen LogP contribution in [0.3, 0.4) is 0 Å². The molecule has 8 rings (SSSR count). The lowest BCUT2D eigenvalue weighted by Crippen LogP contribution is -2.27. The van der Waals surface area contributed by atoms with Crippen molar-refractivity contribution in [3.05, 3.63) is 128 Å². The van der Waals surface area contributed by atoms with Crippen LogP contribution >= 0.6 is 11.6 Å². The molecular weight excluding hydrogens is 906 g/mol. The van der Waals surface area contributed by atoms with Crippen molar-refractivity contribution < 1.29 is 44.6 Å². The average Bonchev–Trinajstić information content (AvgIpc) is 3.33. The normalized spacial score (nSPS) is 17.3. The van der Waals surface area contributed by atoms with E-state index in [1.807, 2.05) is 18.2 Å². The molecule has 4 heterocycles. The zero-order valence-electron chi connectivity index (χ0n) is 36.6. The molecule has 67 heavy (non-hydrogen) atoms. The van der Waals surface area contributed by atoms with Gasteiger partial charge in [-0.05, 0) is 192 Å². The Hall–Kier alpha value is -5.48. The Kier molecular flexibility index (Phi) is 20.1. The van der Waals surface area contributed by atoms with Gasteiger partial charge in [-0.2, -0.15) is 15.8 Å². The Balaban J connectivity index is 0.000000169. The molecule has 0 unspecified atom stereocenters. The van der Waals surface area contributed by atoms with Gasteiger partial charge in [0.05, 0.1) is 22.8 Å². The first-order valence-corrected chi connectivity index (χ1v) is 22.5. The van der Waals surface area contributed by atoms with Gasteiger partial charge in [0.15, 0.2) is 11.6 Å². The van der Waals surface area contributed by atoms with Crippen LogP contribution in [-0.2, 0) is 0 Å². The summed E-state index contributed by atoms with van der Waals surface area (Å²) in [6, 6.07) is 25.0. The summed E-state index contributed by atoms with van der Waals surface area (Å²) in [7, 11) is 0. The van der Waals surface area contributed by atoms with E-state index in [0.29, 0.717) is 11.1 Å². The summed E-state index contributed by atoms with van der Waals surface area (Å²) >= 11 is 5.84. The Labute approximate surface area is 390 Å². The molecule has 0 bridgehead atoms. The molecule has 358 valence electrons. The van der Waals surface area contributed by atoms with Crippen molar-refractivity contribution in [3.8, 4) is 29.7 Å². The van der Waals surface area contributed by atoms with E-state index in [0.717, 1.165) is 113 Å². The maximum Gasteiger partial charge on any atom is 0.573 e. The summed E-state index contributed by atoms with van der Waals surface area (Å²) in [5.74, 6) is -1.49. The molecule has 0 saturated carbocycles. The molecule has 0 aliphatic carbocycles. The van der Waals surface area contributed by atoms with E-state index < -0.39 is 30.1 Å². The molecule has 0 atom stereocenters. The van der Waals surface area contributed by atoms with Crippen molar-refractivity contribution in [1.29, 1.82) is 15.8 Å². The van der Waals surface area contributed by atoms with Crippen molar-refractivity contribution in [1.82, 2.24) is 21.3 Å². The fourth-order valence-electron chi connectivity index (χ4n) is 8.53. The second-order valence-electron chi connectivity index (χ2n) is 16.4. The van der Waals surface area contributed by atoms with Crippen LogP contribution in [0.15, 0.2) is 72.8 Å². The van der Waals surface area contributed by atoms with Crippen LogP contribution in [0, 0.1) is 45.6 Å². The minimum atomic E-state index is -4.78. The molecule has 4 aliphatic heterocycles. The third-order valence-corrected chi connectivity index (χ3v) is 12.3. The van der Waals surface area contributed by atoms with Gasteiger partial charge in [0, 0.05) is 5.02 Å². The minimum Gasteiger partial charge on any atom is -0.405 e. The fourth-order valence-corrected chi connectivity index (χ4v) is 8.65. The number of benzene rings is 4. The molecule has 4 saturated heterocycles. The molecule has 4 aromatic rings. The molecule has 4 N–H and O–H groups in total. The number of rotatable bonds is 6. The quantitative estimate of drug-likeness (QED) is 0.139. The number of alkyl halides is 6. The zero-order valence-corrected chi connectivity index (χ0v) is 37.4. The van der Waals surface area contributed by atoms with Crippen LogP contribution in [0.4, 0.5) is 35.1 Å². The molecule has 18 heteroatoms. The van der Waals surface area contributed by atoms with Crippen molar-refractivity contribution >= 4 is 11.6 Å². The van der Waals surface area contributed by atoms with E-state index >= 15 is 0 Å². The Bertz CT molecular complexity index is 2320. The number of halogens is 9. The number of hydrogen-bond donors (Lipinski definition) is 4. The first kappa shape index (κ1) is 52.5. The maximum absolute atomic E-state index is 13.7. The summed E-state index contributed by atoms with van der Waals surface area (Å²) in [4.78, 5) is 0. The van der Waals surface area contributed by atoms with Gasteiger partial charge in [-0.15, -0.1) is 26.3 Å². The van der Waals surface area contributed by atoms with Crippen LogP contribution < -0.4 is 30.7 Å². The largest absolute Gasteiger partial charge is 0.573 e. The molecule has 9 nitrogen and oxygen atoms in total. The SMILES string of the molecule is Clc1ccc(C2CCNCC2)cc1.N#Cc1ccc(C2CCNCC2)c(F)c1F.N#Cc1ccc(C2CCNCC2)c(OC(F)(F)F)c1.N#Cc1ccc(C2CCNCC2)cc1OC(F)(F)F. The van der Waals surface area contributed by atoms with E-state index in [1.165, 1.54) is 48.7 Å². The number of ether oxygens (including phenoxy) is 2. The van der Waals surface area contributed by atoms with E-state index in [-0.39, 0.29) is 40.2 Å². The smallest absolute Gasteiger partial charge is 0.405 e. The fraction of sp³-hybridized carbons (Fsp3) is 0.449. The monoisotopic (exact) mass is 957 g/mol. The number of hydrogen-bond acceptors (Lipinski definition) is 9. The van der Waals surface area contributed by atoms with E-state index in [4.69, 9.17) is 27.4 Å². The van der Waals surface area contributed by atoms with Crippen molar-refractivity contribution in [3.63, 3.8) is 0 Å². The molecule has 0 aromatic heterocycles. The predicted octanol–water partition coefficient (Wildman–Crippen LogP) is 11.0. The Morgan fingerprint density at radius 3 is 1.36 bits per heavy atom. The van der Waals surface area contributed by atoms with Crippen molar-refractivity contribution in [2.45, 2.75) is 87.8 Å². The molecule has 4 aromatic carbocycles. The number of piperidine rings is 4. The lowest BCUT2D eigenvalue weighted by molar-refractivity contribution is -0.275. The van der Waals surface area contributed by atoms with Gasteiger partial charge in [-0.25, -0.2) is 8.78 Å². The van der Waals surface area contributed by atoms with Gasteiger partial charge in [0.1, 0.15) is 23.6 Å². The summed E-state index contributed by atoms with van der Waals surface area (Å²) in [5.41, 5.74) is 2.99. The Morgan fingerprint density at radius 1 is 0.463 bits per heavy atom. The number of nitriles is 3. The zero-order chi connectivity index (χ0) is 48.4. The standard InChI is InChI=1S/2C13H13F3N2O.C12H12F2N2.C11H14ClN/c14-13(15,16)19-12-7-10(1-2-11(12)8-17)9-3-5-18-6-4-9;14-13(15,16)19-12-7-9(8-17)1-2-11(12)10-3-5-18-6-4-10;13-11-9(7-15)1-2-10(12(11)14)8-3-5-16-6-4-8;12-11-3-1-9(2-4-11)10-5-7-13-8-6-10/h1-2,7,9,18H,3-6H2;1-2,7,10,18H,3-6H2;1-2,8,16H,3-6H2;1-4,10,13H,5-8H2. The highest BCUT2D eigenvalue weighted by Gasteiger charge is 2.34. The highest BCUT2D eigenvalue weighted by Crippen LogP contribution is 2.37. The van der Waals surface area contributed by atoms with Gasteiger partial charge in [0.2, 0.25) is 0 Å². The predicted molar refractivity (Wildman–Crippen MR) is 238 cm³/mol. The highest BCUT2D eigenvalue weighted by molar-refractivity contribution is 6.30. The first-order chi connectivity index (χ1) is 32.1. The summed E-state index contributed by atoms with van der Waals surface area (Å²) < 4.78 is 109. The second-order valence-corrected chi connectivity index (χ2v) is 16.9. The van der Waals surface area contributed by atoms with Crippen LogP contribution in [0.5, 0.6) is 11.5 Å². The molecule has 4 fully saturated rings.